The maximum Gasteiger partial charge on any atom is 0.328 e. The largest absolute Gasteiger partial charge is 0.497 e. The van der Waals surface area contributed by atoms with E-state index >= 15 is 0 Å². The third kappa shape index (κ3) is 7.28. The van der Waals surface area contributed by atoms with Crippen molar-refractivity contribution in [3.05, 3.63) is 92.0 Å². The second-order valence-corrected chi connectivity index (χ2v) is 8.52. The second-order valence-electron chi connectivity index (χ2n) is 8.52. The van der Waals surface area contributed by atoms with Gasteiger partial charge in [-0.2, -0.15) is 17.6 Å². The van der Waals surface area contributed by atoms with Gasteiger partial charge in [-0.05, 0) is 29.8 Å². The number of alkyl halides is 4. The maximum atomic E-state index is 14.8. The molecule has 0 fully saturated rings. The molecule has 0 bridgehead atoms. The molecule has 3 aromatic rings. The van der Waals surface area contributed by atoms with Gasteiger partial charge >= 0.3 is 11.8 Å². The highest BCUT2D eigenvalue weighted by Crippen LogP contribution is 2.40. The van der Waals surface area contributed by atoms with Crippen LogP contribution in [-0.2, 0) is 6.61 Å². The van der Waals surface area contributed by atoms with Crippen molar-refractivity contribution < 1.29 is 41.7 Å². The molecule has 0 saturated heterocycles. The quantitative estimate of drug-likeness (QED) is 0.135. The number of hydrogen-bond donors (Lipinski definition) is 3. The van der Waals surface area contributed by atoms with Crippen LogP contribution in [0.4, 0.5) is 40.3 Å². The average Bonchev–Trinajstić information content (AvgIpc) is 2.93. The van der Waals surface area contributed by atoms with E-state index in [-0.39, 0.29) is 6.61 Å². The van der Waals surface area contributed by atoms with Gasteiger partial charge in [0.2, 0.25) is 5.91 Å². The first-order valence-electron chi connectivity index (χ1n) is 11.6. The van der Waals surface area contributed by atoms with Crippen molar-refractivity contribution in [2.75, 3.05) is 30.8 Å². The lowest BCUT2D eigenvalue weighted by atomic mass is 10.1. The van der Waals surface area contributed by atoms with Gasteiger partial charge in [-0.1, -0.05) is 24.3 Å². The number of amides is 1. The Kier molecular flexibility index (Phi) is 9.16. The number of nitrogens with one attached hydrogen (secondary N) is 2. The fourth-order valence-corrected chi connectivity index (χ4v) is 3.51. The fraction of sp³-hybridized carbons (Fsp3) is 0.240. The molecule has 0 aliphatic rings. The van der Waals surface area contributed by atoms with Crippen LogP contribution in [0.3, 0.4) is 0 Å². The maximum absolute atomic E-state index is 14.8. The van der Waals surface area contributed by atoms with Crippen LogP contribution in [0.15, 0.2) is 60.7 Å². The molecule has 41 heavy (non-hydrogen) atoms. The number of halogens is 4. The molecule has 3 aromatic carbocycles. The lowest BCUT2D eigenvalue weighted by Gasteiger charge is -2.28. The number of para-hydroxylation sites is 2. The molecule has 218 valence electrons. The molecule has 0 spiro atoms. The van der Waals surface area contributed by atoms with Gasteiger partial charge in [-0.3, -0.25) is 25.0 Å². The zero-order valence-electron chi connectivity index (χ0n) is 21.2. The van der Waals surface area contributed by atoms with E-state index in [9.17, 15) is 42.6 Å². The molecule has 0 aliphatic carbocycles. The number of primary amides is 1. The van der Waals surface area contributed by atoms with Gasteiger partial charge in [0.25, 0.3) is 11.4 Å². The molecule has 0 radical (unpaired) electrons. The highest BCUT2D eigenvalue weighted by molar-refractivity contribution is 5.95. The third-order valence-electron chi connectivity index (χ3n) is 5.74. The van der Waals surface area contributed by atoms with E-state index < -0.39 is 74.8 Å². The second kappa shape index (κ2) is 12.4. The predicted molar refractivity (Wildman–Crippen MR) is 139 cm³/mol. The van der Waals surface area contributed by atoms with Crippen molar-refractivity contribution in [3.8, 4) is 11.5 Å². The summed E-state index contributed by atoms with van der Waals surface area (Å²) in [5.41, 5.74) is 2.72. The monoisotopic (exact) mass is 581 g/mol. The van der Waals surface area contributed by atoms with E-state index in [1.807, 2.05) is 10.6 Å². The summed E-state index contributed by atoms with van der Waals surface area (Å²) in [5.74, 6) is -10.7. The SMILES string of the molecule is COc1ccc(COc2cc(C(N)=O)cc([N+](=O)[O-])c2NCC(F)(F)C(F)(F)CNc2ccccc2[N+](=O)[O-])cc1. The minimum absolute atomic E-state index is 0.260. The van der Waals surface area contributed by atoms with Gasteiger partial charge in [-0.25, -0.2) is 0 Å². The number of anilines is 2. The lowest BCUT2D eigenvalue weighted by Crippen LogP contribution is -2.50. The summed E-state index contributed by atoms with van der Waals surface area (Å²) in [4.78, 5) is 32.6. The van der Waals surface area contributed by atoms with Gasteiger partial charge < -0.3 is 25.8 Å². The minimum atomic E-state index is -4.83. The number of rotatable bonds is 14. The minimum Gasteiger partial charge on any atom is -0.497 e. The van der Waals surface area contributed by atoms with E-state index in [4.69, 9.17) is 15.2 Å². The molecule has 1 amide bonds. The highest BCUT2D eigenvalue weighted by atomic mass is 19.3. The molecule has 4 N–H and O–H groups in total. The summed E-state index contributed by atoms with van der Waals surface area (Å²) < 4.78 is 69.4. The van der Waals surface area contributed by atoms with Crippen LogP contribution in [-0.4, -0.2) is 47.8 Å². The zero-order valence-corrected chi connectivity index (χ0v) is 21.2. The van der Waals surface area contributed by atoms with Crippen LogP contribution in [0.5, 0.6) is 11.5 Å². The van der Waals surface area contributed by atoms with Crippen molar-refractivity contribution >= 4 is 28.7 Å². The Balaban J connectivity index is 1.86. The Morgan fingerprint density at radius 3 is 2.05 bits per heavy atom. The zero-order chi connectivity index (χ0) is 30.4. The van der Waals surface area contributed by atoms with Crippen LogP contribution in [0.2, 0.25) is 0 Å². The molecule has 0 aromatic heterocycles. The van der Waals surface area contributed by atoms with Crippen LogP contribution < -0.4 is 25.8 Å². The van der Waals surface area contributed by atoms with Crippen molar-refractivity contribution in [2.24, 2.45) is 5.73 Å². The van der Waals surface area contributed by atoms with Crippen LogP contribution >= 0.6 is 0 Å². The number of methoxy groups -OCH3 is 1. The molecular weight excluding hydrogens is 558 g/mol. The number of nitrogens with zero attached hydrogens (tertiary/aromatic N) is 2. The molecule has 16 heteroatoms. The Morgan fingerprint density at radius 2 is 1.49 bits per heavy atom. The standard InChI is InChI=1S/C25H23F4N5O7/c1-40-17-8-6-15(7-9-17)12-41-21-11-16(23(30)35)10-20(34(38)39)22(21)32-14-25(28,29)24(26,27)13-31-18-4-2-3-5-19(18)33(36)37/h2-11,31-32H,12-14H2,1H3,(H2,30,35). The number of nitrogens with two attached hydrogens (primary N) is 1. The van der Waals surface area contributed by atoms with E-state index in [1.165, 1.54) is 19.2 Å². The fourth-order valence-electron chi connectivity index (χ4n) is 3.51. The molecule has 0 aliphatic heterocycles. The number of nitro benzene ring substituents is 2. The van der Waals surface area contributed by atoms with Crippen molar-refractivity contribution in [2.45, 2.75) is 18.5 Å². The van der Waals surface area contributed by atoms with Crippen LogP contribution in [0.1, 0.15) is 15.9 Å². The Hall–Kier alpha value is -5.15. The summed E-state index contributed by atoms with van der Waals surface area (Å²) >= 11 is 0. The van der Waals surface area contributed by atoms with Gasteiger partial charge in [0.1, 0.15) is 18.0 Å². The molecular formula is C25H23F4N5O7. The average molecular weight is 581 g/mol. The number of nitro groups is 2. The summed E-state index contributed by atoms with van der Waals surface area (Å²) in [6.45, 7) is -3.77. The number of hydrogen-bond acceptors (Lipinski definition) is 9. The van der Waals surface area contributed by atoms with E-state index in [2.05, 4.69) is 0 Å². The van der Waals surface area contributed by atoms with Crippen LogP contribution in [0.25, 0.3) is 0 Å². The number of carbonyl (C=O) groups is 1. The number of carbonyl (C=O) groups excluding carboxylic acids is 1. The topological polar surface area (TPSA) is 172 Å². The summed E-state index contributed by atoms with van der Waals surface area (Å²) in [6, 6.07) is 12.6. The lowest BCUT2D eigenvalue weighted by molar-refractivity contribution is -0.384. The summed E-state index contributed by atoms with van der Waals surface area (Å²) in [6.07, 6.45) is 0. The Labute approximate surface area is 229 Å². The van der Waals surface area contributed by atoms with E-state index in [1.54, 1.807) is 24.3 Å². The van der Waals surface area contributed by atoms with E-state index in [0.717, 1.165) is 18.2 Å². The van der Waals surface area contributed by atoms with Gasteiger partial charge in [0.05, 0.1) is 30.0 Å². The van der Waals surface area contributed by atoms with Gasteiger partial charge in [0, 0.05) is 17.7 Å². The highest BCUT2D eigenvalue weighted by Gasteiger charge is 2.56. The molecule has 0 heterocycles. The predicted octanol–water partition coefficient (Wildman–Crippen LogP) is 4.98. The normalized spacial score (nSPS) is 11.4. The summed E-state index contributed by atoms with van der Waals surface area (Å²) in [7, 11) is 1.44. The van der Waals surface area contributed by atoms with Crippen molar-refractivity contribution in [3.63, 3.8) is 0 Å². The molecule has 0 saturated carbocycles. The molecule has 12 nitrogen and oxygen atoms in total. The number of benzene rings is 3. The van der Waals surface area contributed by atoms with E-state index in [0.29, 0.717) is 17.4 Å². The first kappa shape index (κ1) is 30.4. The van der Waals surface area contributed by atoms with Crippen LogP contribution in [0, 0.1) is 20.2 Å². The Bertz CT molecular complexity index is 1440. The van der Waals surface area contributed by atoms with Crippen molar-refractivity contribution in [1.82, 2.24) is 0 Å². The smallest absolute Gasteiger partial charge is 0.328 e. The third-order valence-corrected chi connectivity index (χ3v) is 5.74. The number of ether oxygens (including phenoxy) is 2. The van der Waals surface area contributed by atoms with Gasteiger partial charge in [0.15, 0.2) is 11.4 Å². The Morgan fingerprint density at radius 1 is 0.902 bits per heavy atom. The summed E-state index contributed by atoms with van der Waals surface area (Å²) in [5, 5.41) is 26.7. The van der Waals surface area contributed by atoms with Crippen molar-refractivity contribution in [1.29, 1.82) is 0 Å². The molecule has 0 atom stereocenters. The first-order valence-corrected chi connectivity index (χ1v) is 11.6. The molecule has 0 unspecified atom stereocenters. The molecule has 3 rings (SSSR count). The first-order chi connectivity index (χ1) is 19.3. The van der Waals surface area contributed by atoms with Gasteiger partial charge in [-0.15, -0.1) is 0 Å².